The van der Waals surface area contributed by atoms with Gasteiger partial charge < -0.3 is 106 Å². The molecule has 8 N–H and O–H groups in total. The van der Waals surface area contributed by atoms with E-state index in [1.807, 2.05) is 93.0 Å². The second-order valence-corrected chi connectivity index (χ2v) is 38.4. The number of para-hydroxylation sites is 2. The Hall–Kier alpha value is -4.31. The van der Waals surface area contributed by atoms with Crippen LogP contribution < -0.4 is 172 Å². The number of allylic oxidation sites excluding steroid dienone is 1. The van der Waals surface area contributed by atoms with Gasteiger partial charge in [0.25, 0.3) is 6.47 Å². The van der Waals surface area contributed by atoms with E-state index in [1.165, 1.54) is 41.6 Å². The normalized spacial score (nSPS) is 10.9. The van der Waals surface area contributed by atoms with Gasteiger partial charge in [-0.1, -0.05) is 196 Å². The fourth-order valence-electron chi connectivity index (χ4n) is 13.0. The molecule has 759 valence electrons. The van der Waals surface area contributed by atoms with Gasteiger partial charge in [0.05, 0.1) is 94.4 Å². The Morgan fingerprint density at radius 2 is 0.972 bits per heavy atom. The zero-order valence-electron chi connectivity index (χ0n) is 86.9. The molecule has 1 aliphatic carbocycles. The molecule has 3 radical (unpaired) electrons. The summed E-state index contributed by atoms with van der Waals surface area (Å²) in [5.41, 5.74) is 17.6. The molecule has 42 heteroatoms. The number of methoxy groups -OCH3 is 2. The van der Waals surface area contributed by atoms with Crippen molar-refractivity contribution in [2.45, 2.75) is 165 Å². The Bertz CT molecular complexity index is 5890. The van der Waals surface area contributed by atoms with Gasteiger partial charge in [0, 0.05) is 159 Å². The summed E-state index contributed by atoms with van der Waals surface area (Å²) in [6.07, 6.45) is 13.6. The van der Waals surface area contributed by atoms with Crippen LogP contribution in [0.25, 0.3) is 49.7 Å². The number of phenolic OH excluding ortho intramolecular Hbond substituents is 1. The van der Waals surface area contributed by atoms with Crippen molar-refractivity contribution < 1.29 is 262 Å². The molecular formula is C101H127B2Br6Cl2K2LiN6NaO22. The smallest absolute Gasteiger partial charge is 1.00 e. The number of hydrogen-bond donors (Lipinski definition) is 6. The molecule has 12 aromatic rings. The van der Waals surface area contributed by atoms with Crippen LogP contribution in [0.5, 0.6) is 11.5 Å². The number of ether oxygens (including phenoxy) is 7. The molecule has 8 aromatic carbocycles. The summed E-state index contributed by atoms with van der Waals surface area (Å²) >= 11 is 25.7. The Balaban J connectivity index is -0.000000376. The van der Waals surface area contributed by atoms with E-state index in [-0.39, 0.29) is 236 Å². The van der Waals surface area contributed by atoms with E-state index in [9.17, 15) is 33.9 Å². The number of aromatic hydroxyl groups is 1. The van der Waals surface area contributed by atoms with Crippen LogP contribution in [0.1, 0.15) is 194 Å². The van der Waals surface area contributed by atoms with E-state index < -0.39 is 18.5 Å². The number of carboxylic acid groups (broad SMARTS) is 1. The molecule has 0 atom stereocenters. The summed E-state index contributed by atoms with van der Waals surface area (Å²) in [7, 11) is 3.49. The minimum atomic E-state index is -1.40. The van der Waals surface area contributed by atoms with Crippen molar-refractivity contribution in [3.63, 3.8) is 0 Å². The summed E-state index contributed by atoms with van der Waals surface area (Å²) < 4.78 is 48.2. The van der Waals surface area contributed by atoms with Crippen LogP contribution in [0.3, 0.4) is 0 Å². The third-order valence-corrected chi connectivity index (χ3v) is 22.9. The number of aromatic nitrogens is 4. The van der Waals surface area contributed by atoms with Crippen LogP contribution in [0.15, 0.2) is 211 Å². The number of benzene rings is 8. The first kappa shape index (κ1) is 145. The molecule has 143 heavy (non-hydrogen) atoms. The molecule has 28 nitrogen and oxygen atoms in total. The number of likely N-dealkylation sites (N-methyl/N-ethyl adjacent to an activating group) is 1. The number of carboxylic acids is 1. The topological polar surface area (TPSA) is 397 Å². The first-order valence-electron chi connectivity index (χ1n) is 43.6. The number of nitrogens with two attached hydrogens (primary N) is 1. The van der Waals surface area contributed by atoms with E-state index in [0.717, 1.165) is 105 Å². The molecule has 1 fully saturated rings. The number of carbonyl (C=O) groups is 7. The van der Waals surface area contributed by atoms with Gasteiger partial charge in [-0.15, -0.1) is 12.4 Å². The summed E-state index contributed by atoms with van der Waals surface area (Å²) in [4.78, 5) is 80.7. The number of hydrogen-bond acceptors (Lipinski definition) is 23. The summed E-state index contributed by atoms with van der Waals surface area (Å²) in [6.45, 7) is 34.5. The maximum atomic E-state index is 11.8. The number of aliphatic hydroxyl groups excluding tert-OH is 1. The van der Waals surface area contributed by atoms with Crippen molar-refractivity contribution in [2.24, 2.45) is 11.7 Å². The number of aromatic carboxylic acids is 1. The predicted octanol–water partition coefficient (Wildman–Crippen LogP) is 10.0. The van der Waals surface area contributed by atoms with Crippen LogP contribution >= 0.6 is 120 Å². The summed E-state index contributed by atoms with van der Waals surface area (Å²) in [5, 5.41) is 58.0. The molecule has 0 saturated carbocycles. The maximum Gasteiger partial charge on any atom is 1.00 e. The first-order chi connectivity index (χ1) is 64.5. The number of rotatable bonds is 22. The van der Waals surface area contributed by atoms with E-state index >= 15 is 0 Å². The Morgan fingerprint density at radius 3 is 1.36 bits per heavy atom. The van der Waals surface area contributed by atoms with Crippen LogP contribution in [-0.2, 0) is 86.7 Å². The second kappa shape index (κ2) is 77.9. The van der Waals surface area contributed by atoms with Gasteiger partial charge in [0.15, 0.2) is 0 Å². The Kier molecular flexibility index (Phi) is 79.0. The fourth-order valence-corrected chi connectivity index (χ4v) is 16.1. The van der Waals surface area contributed by atoms with Gasteiger partial charge in [-0.25, -0.2) is 19.2 Å². The molecule has 5 heterocycles. The van der Waals surface area contributed by atoms with Gasteiger partial charge in [0.2, 0.25) is 0 Å². The minimum absolute atomic E-state index is 0. The number of fused-ring (bicyclic) bond motifs is 5. The van der Waals surface area contributed by atoms with Gasteiger partial charge in [0.1, 0.15) is 18.1 Å². The van der Waals surface area contributed by atoms with Crippen molar-refractivity contribution in [2.75, 3.05) is 67.4 Å². The quantitative estimate of drug-likeness (QED) is 0.00537. The Morgan fingerprint density at radius 1 is 0.573 bits per heavy atom. The SMILES string of the molecule is CC(C)Br.CC(C)COC(=O)Cl.CC(C)n1ccc2c(Br)cc(C(=O)O)cc21.CC(C)n1ccc2c(Br)cc(CO)cc21.CCOC(=O)Cc1ccccc1O.CCOC(=O)Cc1ccccc1OCc1cc(Br)c2ccn(C(C)C)c2c1.CN1CCOCC1.COC(=O)c1cc(Br)c2c(c1)CC=C2.COC(=O)c1cc(Br)c2ccn(C(C)C)c2c1.Cl.NCc1cccc(B(O)O)c1.O=CO[O-].[B].[H-].[H-].[K+].[K+].[Li+].[Na+].[OH-]. The molecular weight excluding hydrogens is 2330 g/mol. The minimum Gasteiger partial charge on any atom is -1.00 e. The van der Waals surface area contributed by atoms with Crippen molar-refractivity contribution >= 4 is 232 Å². The largest absolute Gasteiger partial charge is 1.00 e. The monoisotopic (exact) mass is 2450 g/mol. The first-order valence-corrected chi connectivity index (χ1v) is 48.9. The van der Waals surface area contributed by atoms with E-state index in [1.54, 1.807) is 80.6 Å². The van der Waals surface area contributed by atoms with Crippen LogP contribution in [0.2, 0.25) is 0 Å². The number of aliphatic hydroxyl groups is 1. The molecule has 4 aromatic heterocycles. The predicted molar refractivity (Wildman–Crippen MR) is 575 cm³/mol. The summed E-state index contributed by atoms with van der Waals surface area (Å²) in [5.74, 6) is -0.866. The molecule has 0 unspecified atom stereocenters. The average molecular weight is 2460 g/mol. The molecule has 0 amide bonds. The average Bonchev–Trinajstić information content (AvgIpc) is 1.67. The van der Waals surface area contributed by atoms with Crippen molar-refractivity contribution in [3.8, 4) is 11.5 Å². The van der Waals surface area contributed by atoms with E-state index in [4.69, 9.17) is 71.3 Å². The molecule has 14 rings (SSSR count). The van der Waals surface area contributed by atoms with Gasteiger partial charge in [-0.2, -0.15) is 0 Å². The molecule has 0 spiro atoms. The third kappa shape index (κ3) is 51.1. The zero-order valence-corrected chi connectivity index (χ0v) is 104. The molecule has 2 aliphatic rings. The standard InChI is InChI=1S/C22H24BrNO3.C13H14BrNO2.C12H12BrNO2.C12H14BrNO.C11H9BrO2.C10H12O3.C7H10BNO2.C5H9ClO2.C5H11NO.C3H7Br.CH2O3.B.ClH.2K.Li.Na.H2O.2H/c1-4-26-22(25)13-17-7-5-6-8-21(17)27-14-16-11-19(23)18-9-10-24(15(2)3)20(18)12-16;1-8(2)15-5-4-10-11(14)6-9(7-12(10)15)13(16)17-3;1-7(2)14-4-3-9-10(13)5-8(12(15)16)6-11(9)14;1-8(2)14-4-3-10-11(13)5-9(7-15)6-12(10)14;1-14-11(13)8-5-7-3-2-4-9(7)10(12)6-8;1-2-13-10(12)7-8-5-3-4-6-9(8)11;9-5-6-2-1-3-7(4-6)8(10)11;1-4(2)3-8-5(6)7;1-6-2-4-7-5-3-6;1-3(2)4;2-1-4-3;;;;;;;;;/h5-12,15H,4,13-14H2,1-3H3;4-8H,1-3H3;3-7H,1-2H3,(H,15,16);3-6,8,15H,7H2,1-2H3;2,4-6H,3H2,1H3;3-6,11H,2,7H2,1H3;1-4,10-11H,5,9H2;4H,3H2,1-2H3;2-5H2,1H3;3H,1-2H3;1,3H;;1H;;;;;1H2;;/q;;;;;;;;;;;;;4*+1;;2*-1/p-2. The molecule has 0 bridgehead atoms. The van der Waals surface area contributed by atoms with Gasteiger partial charge in [-0.3, -0.25) is 14.4 Å². The van der Waals surface area contributed by atoms with Gasteiger partial charge >= 0.3 is 194 Å². The number of halogens is 8. The van der Waals surface area contributed by atoms with E-state index in [2.05, 4.69) is 258 Å². The third-order valence-electron chi connectivity index (χ3n) is 19.5. The number of carbonyl (C=O) groups excluding carboxylic acids is 6. The van der Waals surface area contributed by atoms with Crippen LogP contribution in [0, 0.1) is 5.92 Å². The zero-order chi connectivity index (χ0) is 102. The summed E-state index contributed by atoms with van der Waals surface area (Å²) in [6, 6.07) is 49.9. The Labute approximate surface area is 1020 Å². The molecule has 1 saturated heterocycles. The number of esters is 4. The van der Waals surface area contributed by atoms with Crippen molar-refractivity contribution in [3.05, 3.63) is 267 Å². The molecule has 1 aliphatic heterocycles. The van der Waals surface area contributed by atoms with Crippen molar-refractivity contribution in [1.82, 2.24) is 23.2 Å². The number of alkyl halides is 1. The van der Waals surface area contributed by atoms with Crippen molar-refractivity contribution in [1.29, 1.82) is 0 Å². The van der Waals surface area contributed by atoms with Gasteiger partial charge in [-0.05, 0) is 219 Å². The van der Waals surface area contributed by atoms with E-state index in [0.29, 0.717) is 101 Å². The number of morpholine rings is 1. The second-order valence-electron chi connectivity index (χ2n) is 32.0. The fraction of sp³-hybridized carbons (Fsp3) is 0.356. The number of nitrogens with zero attached hydrogens (tertiary/aromatic N) is 5. The maximum absolute atomic E-state index is 11.8. The van der Waals surface area contributed by atoms with Crippen LogP contribution in [-0.4, -0.2) is 184 Å². The van der Waals surface area contributed by atoms with Crippen LogP contribution in [0.4, 0.5) is 4.79 Å². The number of phenols is 1.